The molecule has 0 saturated carbocycles. The molecular formula is C26H23NO4S2. The van der Waals surface area contributed by atoms with Crippen molar-refractivity contribution in [1.29, 1.82) is 0 Å². The lowest BCUT2D eigenvalue weighted by Crippen LogP contribution is -2.27. The molecule has 3 aromatic carbocycles. The fourth-order valence-electron chi connectivity index (χ4n) is 3.26. The van der Waals surface area contributed by atoms with Gasteiger partial charge in [0.15, 0.2) is 0 Å². The van der Waals surface area contributed by atoms with Crippen molar-refractivity contribution in [3.8, 4) is 17.2 Å². The largest absolute Gasteiger partial charge is 0.497 e. The van der Waals surface area contributed by atoms with Gasteiger partial charge >= 0.3 is 0 Å². The van der Waals surface area contributed by atoms with E-state index in [0.717, 1.165) is 22.6 Å². The van der Waals surface area contributed by atoms with E-state index in [9.17, 15) is 4.79 Å². The quantitative estimate of drug-likeness (QED) is 0.229. The van der Waals surface area contributed by atoms with E-state index < -0.39 is 0 Å². The molecule has 1 fully saturated rings. The van der Waals surface area contributed by atoms with Gasteiger partial charge in [0, 0.05) is 6.07 Å². The maximum absolute atomic E-state index is 12.9. The Morgan fingerprint density at radius 2 is 1.55 bits per heavy atom. The number of carbonyl (C=O) groups is 1. The Hall–Kier alpha value is -3.29. The molecule has 0 bridgehead atoms. The zero-order valence-electron chi connectivity index (χ0n) is 18.1. The van der Waals surface area contributed by atoms with Crippen LogP contribution in [0.4, 0.5) is 0 Å². The molecule has 1 aliphatic rings. The number of hydrogen-bond donors (Lipinski definition) is 0. The molecule has 1 aliphatic heterocycles. The maximum Gasteiger partial charge on any atom is 0.266 e. The van der Waals surface area contributed by atoms with E-state index in [1.54, 1.807) is 12.0 Å². The number of thioether (sulfide) groups is 1. The predicted octanol–water partition coefficient (Wildman–Crippen LogP) is 5.55. The molecule has 0 unspecified atom stereocenters. The highest BCUT2D eigenvalue weighted by atomic mass is 32.2. The van der Waals surface area contributed by atoms with Crippen molar-refractivity contribution in [2.24, 2.45) is 0 Å². The van der Waals surface area contributed by atoms with Crippen LogP contribution in [0.3, 0.4) is 0 Å². The highest BCUT2D eigenvalue weighted by Gasteiger charge is 2.31. The second-order valence-electron chi connectivity index (χ2n) is 7.20. The zero-order valence-corrected chi connectivity index (χ0v) is 19.7. The molecule has 0 spiro atoms. The average Bonchev–Trinajstić information content (AvgIpc) is 3.10. The van der Waals surface area contributed by atoms with Crippen molar-refractivity contribution < 1.29 is 19.0 Å². The van der Waals surface area contributed by atoms with Crippen molar-refractivity contribution in [3.63, 3.8) is 0 Å². The molecule has 0 atom stereocenters. The summed E-state index contributed by atoms with van der Waals surface area (Å²) in [6, 6.07) is 24.9. The zero-order chi connectivity index (χ0) is 23.0. The van der Waals surface area contributed by atoms with Crippen LogP contribution < -0.4 is 14.2 Å². The minimum Gasteiger partial charge on any atom is -0.497 e. The van der Waals surface area contributed by atoms with Crippen LogP contribution in [0.25, 0.3) is 6.08 Å². The summed E-state index contributed by atoms with van der Waals surface area (Å²) < 4.78 is 17.3. The average molecular weight is 478 g/mol. The fourth-order valence-corrected chi connectivity index (χ4v) is 4.51. The first-order valence-electron chi connectivity index (χ1n) is 10.4. The van der Waals surface area contributed by atoms with Gasteiger partial charge in [0.25, 0.3) is 5.91 Å². The van der Waals surface area contributed by atoms with Crippen LogP contribution in [0, 0.1) is 0 Å². The highest BCUT2D eigenvalue weighted by Crippen LogP contribution is 2.34. The van der Waals surface area contributed by atoms with E-state index in [-0.39, 0.29) is 5.91 Å². The SMILES string of the molecule is COc1cccc(OCCOc2cccc(/C=C3/SC(=S)N(Cc4ccccc4)C3=O)c2)c1. The summed E-state index contributed by atoms with van der Waals surface area (Å²) in [6.45, 7) is 1.26. The lowest BCUT2D eigenvalue weighted by Gasteiger charge is -2.14. The lowest BCUT2D eigenvalue weighted by atomic mass is 10.2. The third-order valence-electron chi connectivity index (χ3n) is 4.87. The Balaban J connectivity index is 1.34. The van der Waals surface area contributed by atoms with Crippen LogP contribution in [0.2, 0.25) is 0 Å². The molecule has 5 nitrogen and oxygen atoms in total. The number of amides is 1. The molecular weight excluding hydrogens is 454 g/mol. The molecule has 0 aliphatic carbocycles. The van der Waals surface area contributed by atoms with Crippen LogP contribution in [0.15, 0.2) is 83.8 Å². The molecule has 3 aromatic rings. The van der Waals surface area contributed by atoms with Gasteiger partial charge in [0.05, 0.1) is 18.6 Å². The van der Waals surface area contributed by atoms with E-state index in [1.807, 2.05) is 84.9 Å². The van der Waals surface area contributed by atoms with Crippen molar-refractivity contribution in [2.75, 3.05) is 20.3 Å². The molecule has 0 N–H and O–H groups in total. The number of thiocarbonyl (C=S) groups is 1. The first kappa shape index (κ1) is 22.9. The van der Waals surface area contributed by atoms with E-state index in [2.05, 4.69) is 0 Å². The smallest absolute Gasteiger partial charge is 0.266 e. The van der Waals surface area contributed by atoms with E-state index in [0.29, 0.717) is 34.7 Å². The van der Waals surface area contributed by atoms with Crippen LogP contribution >= 0.6 is 24.0 Å². The van der Waals surface area contributed by atoms with Crippen molar-refractivity contribution >= 4 is 40.3 Å². The third kappa shape index (κ3) is 6.15. The highest BCUT2D eigenvalue weighted by molar-refractivity contribution is 8.26. The normalized spacial score (nSPS) is 14.6. The van der Waals surface area contributed by atoms with E-state index >= 15 is 0 Å². The Labute approximate surface area is 203 Å². The van der Waals surface area contributed by atoms with E-state index in [1.165, 1.54) is 11.8 Å². The summed E-state index contributed by atoms with van der Waals surface area (Å²) in [6.07, 6.45) is 1.85. The summed E-state index contributed by atoms with van der Waals surface area (Å²) >= 11 is 6.76. The summed E-state index contributed by atoms with van der Waals surface area (Å²) in [5.74, 6) is 2.10. The molecule has 0 radical (unpaired) electrons. The van der Waals surface area contributed by atoms with Gasteiger partial charge in [-0.3, -0.25) is 9.69 Å². The minimum atomic E-state index is -0.0770. The molecule has 0 aromatic heterocycles. The minimum absolute atomic E-state index is 0.0770. The van der Waals surface area contributed by atoms with E-state index in [4.69, 9.17) is 26.4 Å². The second kappa shape index (κ2) is 11.0. The van der Waals surface area contributed by atoms with Crippen molar-refractivity contribution in [3.05, 3.63) is 94.9 Å². The first-order chi connectivity index (χ1) is 16.1. The topological polar surface area (TPSA) is 48.0 Å². The van der Waals surface area contributed by atoms with Crippen LogP contribution in [-0.2, 0) is 11.3 Å². The second-order valence-corrected chi connectivity index (χ2v) is 8.88. The fraction of sp³-hybridized carbons (Fsp3) is 0.154. The summed E-state index contributed by atoms with van der Waals surface area (Å²) in [5, 5.41) is 0. The number of carbonyl (C=O) groups excluding carboxylic acids is 1. The third-order valence-corrected chi connectivity index (χ3v) is 6.25. The van der Waals surface area contributed by atoms with Gasteiger partial charge in [-0.05, 0) is 41.5 Å². The maximum atomic E-state index is 12.9. The van der Waals surface area contributed by atoms with Crippen LogP contribution in [0.5, 0.6) is 17.2 Å². The monoisotopic (exact) mass is 477 g/mol. The Bertz CT molecular complexity index is 1160. The molecule has 33 heavy (non-hydrogen) atoms. The van der Waals surface area contributed by atoms with Gasteiger partial charge in [0.2, 0.25) is 0 Å². The predicted molar refractivity (Wildman–Crippen MR) is 136 cm³/mol. The Kier molecular flexibility index (Phi) is 7.65. The summed E-state index contributed by atoms with van der Waals surface area (Å²) in [4.78, 5) is 15.1. The van der Waals surface area contributed by atoms with Crippen molar-refractivity contribution in [2.45, 2.75) is 6.54 Å². The molecule has 1 saturated heterocycles. The Morgan fingerprint density at radius 3 is 2.27 bits per heavy atom. The van der Waals surface area contributed by atoms with Crippen molar-refractivity contribution in [1.82, 2.24) is 4.90 Å². The van der Waals surface area contributed by atoms with Gasteiger partial charge in [-0.15, -0.1) is 0 Å². The molecule has 1 amide bonds. The lowest BCUT2D eigenvalue weighted by molar-refractivity contribution is -0.122. The summed E-state index contributed by atoms with van der Waals surface area (Å²) in [7, 11) is 1.62. The van der Waals surface area contributed by atoms with Crippen LogP contribution in [0.1, 0.15) is 11.1 Å². The van der Waals surface area contributed by atoms with Gasteiger partial charge in [-0.1, -0.05) is 72.5 Å². The number of methoxy groups -OCH3 is 1. The molecule has 7 heteroatoms. The Morgan fingerprint density at radius 1 is 0.879 bits per heavy atom. The number of nitrogens with zero attached hydrogens (tertiary/aromatic N) is 1. The van der Waals surface area contributed by atoms with Gasteiger partial charge in [-0.25, -0.2) is 0 Å². The summed E-state index contributed by atoms with van der Waals surface area (Å²) in [5.41, 5.74) is 1.92. The molecule has 4 rings (SSSR count). The van der Waals surface area contributed by atoms with Gasteiger partial charge in [-0.2, -0.15) is 0 Å². The van der Waals surface area contributed by atoms with Crippen LogP contribution in [-0.4, -0.2) is 35.5 Å². The van der Waals surface area contributed by atoms with Gasteiger partial charge in [0.1, 0.15) is 34.8 Å². The number of benzene rings is 3. The number of rotatable bonds is 9. The molecule has 1 heterocycles. The van der Waals surface area contributed by atoms with Gasteiger partial charge < -0.3 is 14.2 Å². The number of ether oxygens (including phenoxy) is 3. The first-order valence-corrected chi connectivity index (χ1v) is 11.6. The standard InChI is InChI=1S/C26H23NO4S2/c1-29-21-10-6-12-23(17-21)31-14-13-30-22-11-5-9-20(15-22)16-24-25(28)27(26(32)33-24)18-19-7-3-2-4-8-19/h2-12,15-17H,13-14,18H2,1H3/b24-16+. The molecule has 168 valence electrons. The number of hydrogen-bond acceptors (Lipinski definition) is 6.